The molecule has 1 saturated heterocycles. The maximum atomic E-state index is 11.7. The van der Waals surface area contributed by atoms with E-state index in [2.05, 4.69) is 6.58 Å². The highest BCUT2D eigenvalue weighted by Crippen LogP contribution is 2.29. The van der Waals surface area contributed by atoms with Gasteiger partial charge in [-0.05, 0) is 0 Å². The third-order valence-electron chi connectivity index (χ3n) is 3.69. The molecule has 30 heavy (non-hydrogen) atoms. The van der Waals surface area contributed by atoms with Gasteiger partial charge in [0, 0.05) is 27.7 Å². The van der Waals surface area contributed by atoms with Gasteiger partial charge in [0.2, 0.25) is 0 Å². The molecule has 0 amide bonds. The lowest BCUT2D eigenvalue weighted by molar-refractivity contribution is -0.309. The van der Waals surface area contributed by atoms with E-state index in [1.54, 1.807) is 6.08 Å². The number of carbonyl (C=O) groups is 4. The SMILES string of the molecule is C=CCOCCO[C@@H]1OC(COC(C)=O)[C@H](OC(C)=O)[C@@H](OC(C)=O)C1OC(C)=O. The van der Waals surface area contributed by atoms with Gasteiger partial charge in [0.15, 0.2) is 24.6 Å². The molecular formula is C19H28O11. The Bertz CT molecular complexity index is 618. The van der Waals surface area contributed by atoms with Crippen LogP contribution in [0, 0.1) is 0 Å². The van der Waals surface area contributed by atoms with Gasteiger partial charge in [0.05, 0.1) is 19.8 Å². The van der Waals surface area contributed by atoms with Crippen LogP contribution in [0.25, 0.3) is 0 Å². The van der Waals surface area contributed by atoms with Crippen LogP contribution in [0.5, 0.6) is 0 Å². The van der Waals surface area contributed by atoms with E-state index in [0.717, 1.165) is 20.8 Å². The Morgan fingerprint density at radius 1 is 0.833 bits per heavy atom. The van der Waals surface area contributed by atoms with E-state index in [1.807, 2.05) is 0 Å². The van der Waals surface area contributed by atoms with Crippen LogP contribution < -0.4 is 0 Å². The van der Waals surface area contributed by atoms with Crippen LogP contribution in [0.2, 0.25) is 0 Å². The first kappa shape index (κ1) is 25.5. The van der Waals surface area contributed by atoms with Crippen LogP contribution in [-0.2, 0) is 52.3 Å². The van der Waals surface area contributed by atoms with Crippen molar-refractivity contribution < 1.29 is 52.3 Å². The van der Waals surface area contributed by atoms with Crippen LogP contribution in [0.3, 0.4) is 0 Å². The fourth-order valence-corrected chi connectivity index (χ4v) is 2.71. The fraction of sp³-hybridized carbons (Fsp3) is 0.684. The summed E-state index contributed by atoms with van der Waals surface area (Å²) in [6.07, 6.45) is -4.42. The number of rotatable bonds is 11. The third kappa shape index (κ3) is 8.89. The van der Waals surface area contributed by atoms with Crippen molar-refractivity contribution in [2.24, 2.45) is 0 Å². The van der Waals surface area contributed by atoms with E-state index in [4.69, 9.17) is 33.2 Å². The molecule has 0 aromatic rings. The molecule has 11 heteroatoms. The highest BCUT2D eigenvalue weighted by atomic mass is 16.7. The van der Waals surface area contributed by atoms with Crippen LogP contribution in [0.1, 0.15) is 27.7 Å². The average Bonchev–Trinajstić information content (AvgIpc) is 2.63. The molecule has 1 aliphatic heterocycles. The van der Waals surface area contributed by atoms with E-state index in [9.17, 15) is 19.2 Å². The van der Waals surface area contributed by atoms with Gasteiger partial charge < -0.3 is 33.2 Å². The molecule has 1 fully saturated rings. The van der Waals surface area contributed by atoms with Gasteiger partial charge >= 0.3 is 23.9 Å². The first-order chi connectivity index (χ1) is 14.1. The molecule has 11 nitrogen and oxygen atoms in total. The fourth-order valence-electron chi connectivity index (χ4n) is 2.71. The van der Waals surface area contributed by atoms with E-state index < -0.39 is 54.6 Å². The zero-order valence-corrected chi connectivity index (χ0v) is 17.5. The van der Waals surface area contributed by atoms with Gasteiger partial charge in [-0.3, -0.25) is 19.2 Å². The Hall–Kier alpha value is -2.50. The number of esters is 4. The van der Waals surface area contributed by atoms with Crippen molar-refractivity contribution in [3.05, 3.63) is 12.7 Å². The summed E-state index contributed by atoms with van der Waals surface area (Å²) in [6, 6.07) is 0. The van der Waals surface area contributed by atoms with E-state index in [1.165, 1.54) is 6.92 Å². The molecule has 1 rings (SSSR count). The minimum absolute atomic E-state index is 0.0432. The standard InChI is InChI=1S/C19H28O11/c1-6-7-24-8-9-25-19-18(29-14(5)23)17(28-13(4)22)16(27-12(3)21)15(30-19)10-26-11(2)20/h6,15-19H,1,7-10H2,2-5H3/t15?,16-,17+,18?,19+/m0/s1. The van der Waals surface area contributed by atoms with Gasteiger partial charge in [-0.2, -0.15) is 0 Å². The lowest BCUT2D eigenvalue weighted by Crippen LogP contribution is -2.63. The van der Waals surface area contributed by atoms with Crippen molar-refractivity contribution in [1.82, 2.24) is 0 Å². The van der Waals surface area contributed by atoms with Crippen LogP contribution in [-0.4, -0.2) is 81.0 Å². The highest BCUT2D eigenvalue weighted by molar-refractivity contribution is 5.68. The molecular weight excluding hydrogens is 404 g/mol. The smallest absolute Gasteiger partial charge is 0.303 e. The predicted molar refractivity (Wildman–Crippen MR) is 98.9 cm³/mol. The van der Waals surface area contributed by atoms with Crippen LogP contribution in [0.15, 0.2) is 12.7 Å². The molecule has 0 saturated carbocycles. The quantitative estimate of drug-likeness (QED) is 0.193. The number of hydrogen-bond acceptors (Lipinski definition) is 11. The molecule has 1 heterocycles. The first-order valence-corrected chi connectivity index (χ1v) is 9.26. The van der Waals surface area contributed by atoms with Gasteiger partial charge in [-0.15, -0.1) is 6.58 Å². The highest BCUT2D eigenvalue weighted by Gasteiger charge is 2.52. The van der Waals surface area contributed by atoms with Crippen molar-refractivity contribution in [1.29, 1.82) is 0 Å². The van der Waals surface area contributed by atoms with Crippen molar-refractivity contribution >= 4 is 23.9 Å². The summed E-state index contributed by atoms with van der Waals surface area (Å²) in [4.78, 5) is 46.2. The molecule has 0 bridgehead atoms. The van der Waals surface area contributed by atoms with E-state index >= 15 is 0 Å². The van der Waals surface area contributed by atoms with Gasteiger partial charge in [0.1, 0.15) is 12.7 Å². The Morgan fingerprint density at radius 2 is 1.40 bits per heavy atom. The molecule has 0 aromatic heterocycles. The maximum Gasteiger partial charge on any atom is 0.303 e. The molecule has 0 spiro atoms. The first-order valence-electron chi connectivity index (χ1n) is 9.26. The second-order valence-corrected chi connectivity index (χ2v) is 6.30. The minimum atomic E-state index is -1.26. The summed E-state index contributed by atoms with van der Waals surface area (Å²) >= 11 is 0. The maximum absolute atomic E-state index is 11.7. The Balaban J connectivity index is 3.14. The molecule has 5 atom stereocenters. The second kappa shape index (κ2) is 12.9. The average molecular weight is 432 g/mol. The van der Waals surface area contributed by atoms with Gasteiger partial charge in [-0.1, -0.05) is 6.08 Å². The van der Waals surface area contributed by atoms with Crippen molar-refractivity contribution in [3.63, 3.8) is 0 Å². The van der Waals surface area contributed by atoms with Crippen molar-refractivity contribution in [2.75, 3.05) is 26.4 Å². The largest absolute Gasteiger partial charge is 0.463 e. The minimum Gasteiger partial charge on any atom is -0.463 e. The van der Waals surface area contributed by atoms with Gasteiger partial charge in [-0.25, -0.2) is 0 Å². The Kier molecular flexibility index (Phi) is 11.0. The molecule has 0 aromatic carbocycles. The number of hydrogen-bond donors (Lipinski definition) is 0. The Morgan fingerprint density at radius 3 is 1.93 bits per heavy atom. The monoisotopic (exact) mass is 432 g/mol. The Labute approximate surface area is 174 Å². The lowest BCUT2D eigenvalue weighted by atomic mass is 9.98. The third-order valence-corrected chi connectivity index (χ3v) is 3.69. The van der Waals surface area contributed by atoms with Crippen LogP contribution in [0.4, 0.5) is 0 Å². The summed E-state index contributed by atoms with van der Waals surface area (Å²) in [5.41, 5.74) is 0. The molecule has 1 aliphatic rings. The van der Waals surface area contributed by atoms with Crippen molar-refractivity contribution in [2.45, 2.75) is 58.4 Å². The second-order valence-electron chi connectivity index (χ2n) is 6.30. The number of carbonyl (C=O) groups excluding carboxylic acids is 4. The molecule has 2 unspecified atom stereocenters. The topological polar surface area (TPSA) is 133 Å². The normalized spacial score (nSPS) is 25.7. The summed E-state index contributed by atoms with van der Waals surface area (Å²) in [5.74, 6) is -2.71. The summed E-state index contributed by atoms with van der Waals surface area (Å²) in [7, 11) is 0. The zero-order valence-electron chi connectivity index (χ0n) is 17.5. The summed E-state index contributed by atoms with van der Waals surface area (Å²) < 4.78 is 37.4. The molecule has 0 radical (unpaired) electrons. The molecule has 0 aliphatic carbocycles. The summed E-state index contributed by atoms with van der Waals surface area (Å²) in [5, 5.41) is 0. The van der Waals surface area contributed by atoms with Crippen molar-refractivity contribution in [3.8, 4) is 0 Å². The lowest BCUT2D eigenvalue weighted by Gasteiger charge is -2.44. The number of ether oxygens (including phenoxy) is 7. The van der Waals surface area contributed by atoms with E-state index in [-0.39, 0.29) is 19.8 Å². The predicted octanol–water partition coefficient (Wildman–Crippen LogP) is 0.289. The zero-order chi connectivity index (χ0) is 22.7. The summed E-state index contributed by atoms with van der Waals surface area (Å²) in [6.45, 7) is 8.38. The van der Waals surface area contributed by atoms with Gasteiger partial charge in [0.25, 0.3) is 0 Å². The molecule has 170 valence electrons. The van der Waals surface area contributed by atoms with Crippen LogP contribution >= 0.6 is 0 Å². The molecule has 0 N–H and O–H groups in total. The van der Waals surface area contributed by atoms with E-state index in [0.29, 0.717) is 6.61 Å².